The summed E-state index contributed by atoms with van der Waals surface area (Å²) in [5.41, 5.74) is 2.75. The Morgan fingerprint density at radius 1 is 1.19 bits per heavy atom. The van der Waals surface area contributed by atoms with Gasteiger partial charge in [-0.2, -0.15) is 4.31 Å². The van der Waals surface area contributed by atoms with Crippen LogP contribution in [0.15, 0.2) is 65.1 Å². The van der Waals surface area contributed by atoms with Gasteiger partial charge in [-0.15, -0.1) is 0 Å². The average molecular weight is 380 g/mol. The van der Waals surface area contributed by atoms with Crippen molar-refractivity contribution in [3.8, 4) is 0 Å². The molecule has 0 aliphatic carbocycles. The molecule has 0 N–H and O–H groups in total. The molecule has 1 aromatic carbocycles. The number of rotatable bonds is 10. The Balaban J connectivity index is 3.22. The fourth-order valence-electron chi connectivity index (χ4n) is 2.21. The predicted octanol–water partition coefficient (Wildman–Crippen LogP) is 3.68. The monoisotopic (exact) mass is 379 g/mol. The molecule has 26 heavy (non-hydrogen) atoms. The van der Waals surface area contributed by atoms with Crippen molar-refractivity contribution in [3.05, 3.63) is 65.8 Å². The third kappa shape index (κ3) is 6.53. The Morgan fingerprint density at radius 2 is 1.77 bits per heavy atom. The summed E-state index contributed by atoms with van der Waals surface area (Å²) >= 11 is 0. The zero-order valence-corrected chi connectivity index (χ0v) is 17.0. The fraction of sp³-hybridized carbons (Fsp3) is 0.400. The zero-order chi connectivity index (χ0) is 19.7. The molecular formula is C20H29NO4S. The number of sulfonamides is 1. The molecule has 0 fully saturated rings. The van der Waals surface area contributed by atoms with Crippen LogP contribution in [-0.4, -0.2) is 46.3 Å². The van der Waals surface area contributed by atoms with Gasteiger partial charge in [0.2, 0.25) is 10.0 Å². The van der Waals surface area contributed by atoms with Crippen LogP contribution in [0.1, 0.15) is 19.4 Å². The van der Waals surface area contributed by atoms with E-state index in [9.17, 15) is 8.42 Å². The highest BCUT2D eigenvalue weighted by Crippen LogP contribution is 2.19. The van der Waals surface area contributed by atoms with E-state index in [0.29, 0.717) is 0 Å². The Bertz CT molecular complexity index is 745. The molecule has 0 heterocycles. The number of hydrogen-bond donors (Lipinski definition) is 0. The molecular weight excluding hydrogens is 350 g/mol. The summed E-state index contributed by atoms with van der Waals surface area (Å²) in [5, 5.41) is 0. The van der Waals surface area contributed by atoms with Crippen LogP contribution in [0.4, 0.5) is 0 Å². The molecule has 0 bridgehead atoms. The summed E-state index contributed by atoms with van der Waals surface area (Å²) in [5.74, 6) is 0. The van der Waals surface area contributed by atoms with E-state index in [2.05, 4.69) is 6.58 Å². The van der Waals surface area contributed by atoms with E-state index in [0.717, 1.165) is 16.7 Å². The molecule has 1 aromatic rings. The van der Waals surface area contributed by atoms with E-state index >= 15 is 0 Å². The maximum atomic E-state index is 13.1. The van der Waals surface area contributed by atoms with Crippen molar-refractivity contribution in [2.24, 2.45) is 0 Å². The standard InChI is InChI=1S/C20H29NO4S/c1-7-18(11-8-16(2)3)14-21(15-20(24-5)25-6)26(22,23)19-12-9-17(4)10-13-19/h7-13,20H,2,14-15H2,1,3-6H3/b11-8-,18-7+. The van der Waals surface area contributed by atoms with Gasteiger partial charge in [0.15, 0.2) is 6.29 Å². The molecule has 0 spiro atoms. The van der Waals surface area contributed by atoms with Gasteiger partial charge in [-0.25, -0.2) is 8.42 Å². The highest BCUT2D eigenvalue weighted by atomic mass is 32.2. The Hall–Kier alpha value is -1.73. The van der Waals surface area contributed by atoms with Gasteiger partial charge in [-0.3, -0.25) is 0 Å². The molecule has 0 aliphatic rings. The van der Waals surface area contributed by atoms with Crippen molar-refractivity contribution in [1.29, 1.82) is 0 Å². The molecule has 1 rings (SSSR count). The Kier molecular flexibility index (Phi) is 8.95. The third-order valence-corrected chi connectivity index (χ3v) is 5.67. The van der Waals surface area contributed by atoms with Gasteiger partial charge in [0, 0.05) is 20.8 Å². The molecule has 0 aliphatic heterocycles. The normalized spacial score (nSPS) is 13.1. The van der Waals surface area contributed by atoms with Gasteiger partial charge in [0.05, 0.1) is 11.4 Å². The first-order valence-corrected chi connectivity index (χ1v) is 9.79. The minimum absolute atomic E-state index is 0.0848. The Morgan fingerprint density at radius 3 is 2.23 bits per heavy atom. The first kappa shape index (κ1) is 22.3. The first-order chi connectivity index (χ1) is 12.2. The number of methoxy groups -OCH3 is 2. The topological polar surface area (TPSA) is 55.8 Å². The molecule has 6 heteroatoms. The van der Waals surface area contributed by atoms with Crippen LogP contribution in [0.3, 0.4) is 0 Å². The smallest absolute Gasteiger partial charge is 0.243 e. The lowest BCUT2D eigenvalue weighted by Gasteiger charge is -2.26. The van der Waals surface area contributed by atoms with Crippen LogP contribution < -0.4 is 0 Å². The van der Waals surface area contributed by atoms with Gasteiger partial charge in [0.25, 0.3) is 0 Å². The largest absolute Gasteiger partial charge is 0.354 e. The lowest BCUT2D eigenvalue weighted by atomic mass is 10.2. The highest BCUT2D eigenvalue weighted by Gasteiger charge is 2.27. The van der Waals surface area contributed by atoms with E-state index in [4.69, 9.17) is 9.47 Å². The van der Waals surface area contributed by atoms with Gasteiger partial charge in [-0.1, -0.05) is 48.1 Å². The number of ether oxygens (including phenoxy) is 2. The van der Waals surface area contributed by atoms with E-state index in [1.807, 2.05) is 39.0 Å². The number of benzene rings is 1. The number of hydrogen-bond acceptors (Lipinski definition) is 4. The van der Waals surface area contributed by atoms with Gasteiger partial charge < -0.3 is 9.47 Å². The zero-order valence-electron chi connectivity index (χ0n) is 16.2. The second-order valence-corrected chi connectivity index (χ2v) is 7.99. The predicted molar refractivity (Wildman–Crippen MR) is 105 cm³/mol. The fourth-order valence-corrected chi connectivity index (χ4v) is 3.63. The van der Waals surface area contributed by atoms with Crippen molar-refractivity contribution in [1.82, 2.24) is 4.31 Å². The third-order valence-electron chi connectivity index (χ3n) is 3.85. The summed E-state index contributed by atoms with van der Waals surface area (Å²) in [7, 11) is -0.724. The second kappa shape index (κ2) is 10.4. The highest BCUT2D eigenvalue weighted by molar-refractivity contribution is 7.89. The van der Waals surface area contributed by atoms with Crippen LogP contribution in [0.5, 0.6) is 0 Å². The average Bonchev–Trinajstić information content (AvgIpc) is 2.61. The van der Waals surface area contributed by atoms with Crippen molar-refractivity contribution in [2.45, 2.75) is 32.0 Å². The number of nitrogens with zero attached hydrogens (tertiary/aromatic N) is 1. The van der Waals surface area contributed by atoms with Crippen LogP contribution >= 0.6 is 0 Å². The summed E-state index contributed by atoms with van der Waals surface area (Å²) in [6.07, 6.45) is 4.95. The van der Waals surface area contributed by atoms with Crippen LogP contribution in [-0.2, 0) is 19.5 Å². The second-order valence-electron chi connectivity index (χ2n) is 6.05. The van der Waals surface area contributed by atoms with Crippen LogP contribution in [0, 0.1) is 6.92 Å². The van der Waals surface area contributed by atoms with Crippen molar-refractivity contribution < 1.29 is 17.9 Å². The van der Waals surface area contributed by atoms with E-state index in [1.165, 1.54) is 18.5 Å². The summed E-state index contributed by atoms with van der Waals surface area (Å²) in [4.78, 5) is 0.244. The summed E-state index contributed by atoms with van der Waals surface area (Å²) < 4.78 is 38.1. The number of aryl methyl sites for hydroxylation is 1. The molecule has 0 saturated heterocycles. The molecule has 0 unspecified atom stereocenters. The van der Waals surface area contributed by atoms with Crippen molar-refractivity contribution in [3.63, 3.8) is 0 Å². The maximum absolute atomic E-state index is 13.1. The quantitative estimate of drug-likeness (QED) is 0.460. The molecule has 144 valence electrons. The van der Waals surface area contributed by atoms with Crippen molar-refractivity contribution in [2.75, 3.05) is 27.3 Å². The van der Waals surface area contributed by atoms with Crippen molar-refractivity contribution >= 4 is 10.0 Å². The molecule has 0 aromatic heterocycles. The minimum atomic E-state index is -3.70. The molecule has 0 atom stereocenters. The van der Waals surface area contributed by atoms with Gasteiger partial charge >= 0.3 is 0 Å². The summed E-state index contributed by atoms with van der Waals surface area (Å²) in [6, 6.07) is 6.80. The molecule has 5 nitrogen and oxygen atoms in total. The van der Waals surface area contributed by atoms with Gasteiger partial charge in [0.1, 0.15) is 0 Å². The maximum Gasteiger partial charge on any atom is 0.243 e. The summed E-state index contributed by atoms with van der Waals surface area (Å²) in [6.45, 7) is 9.80. The van der Waals surface area contributed by atoms with E-state index in [1.54, 1.807) is 24.3 Å². The first-order valence-electron chi connectivity index (χ1n) is 8.35. The van der Waals surface area contributed by atoms with E-state index in [-0.39, 0.29) is 18.0 Å². The molecule has 0 radical (unpaired) electrons. The minimum Gasteiger partial charge on any atom is -0.354 e. The lowest BCUT2D eigenvalue weighted by Crippen LogP contribution is -2.40. The SMILES string of the molecule is C=C(C)/C=C\C(=C/C)CN(CC(OC)OC)S(=O)(=O)c1ccc(C)cc1. The lowest BCUT2D eigenvalue weighted by molar-refractivity contribution is -0.107. The van der Waals surface area contributed by atoms with E-state index < -0.39 is 16.3 Å². The molecule has 0 amide bonds. The molecule has 0 saturated carbocycles. The van der Waals surface area contributed by atoms with Crippen LogP contribution in [0.2, 0.25) is 0 Å². The van der Waals surface area contributed by atoms with Crippen LogP contribution in [0.25, 0.3) is 0 Å². The van der Waals surface area contributed by atoms with Gasteiger partial charge in [-0.05, 0) is 38.5 Å². The number of allylic oxidation sites excluding steroid dienone is 3. The Labute approximate surface area is 157 Å².